The van der Waals surface area contributed by atoms with Crippen molar-refractivity contribution in [2.45, 2.75) is 174 Å². The van der Waals surface area contributed by atoms with E-state index >= 15 is 0 Å². The first-order valence-corrected chi connectivity index (χ1v) is 23.6. The minimum Gasteiger partial charge on any atom is -0.341 e. The molecule has 0 aromatic heterocycles. The van der Waals surface area contributed by atoms with Gasteiger partial charge in [-0.25, -0.2) is 0 Å². The molecule has 0 amide bonds. The van der Waals surface area contributed by atoms with Gasteiger partial charge in [0.2, 0.25) is 0 Å². The highest BCUT2D eigenvalue weighted by molar-refractivity contribution is 7.98. The monoisotopic (exact) mass is 724 g/mol. The fraction of sp³-hybridized carbons (Fsp3) is 0.733. The van der Waals surface area contributed by atoms with E-state index in [-0.39, 0.29) is 0 Å². The third kappa shape index (κ3) is 19.5. The third-order valence-corrected chi connectivity index (χ3v) is 12.6. The van der Waals surface area contributed by atoms with Gasteiger partial charge >= 0.3 is 0 Å². The van der Waals surface area contributed by atoms with Crippen LogP contribution >= 0.6 is 23.5 Å². The fourth-order valence-electron chi connectivity index (χ4n) is 7.04. The maximum Gasteiger partial charge on any atom is 0.0928 e. The van der Waals surface area contributed by atoms with Crippen LogP contribution in [0.25, 0.3) is 0 Å². The molecule has 1 aliphatic heterocycles. The fourth-order valence-corrected chi connectivity index (χ4v) is 9.00. The Morgan fingerprint density at radius 3 is 1.10 bits per heavy atom. The molecule has 1 aliphatic rings. The highest BCUT2D eigenvalue weighted by atomic mass is 32.2. The van der Waals surface area contributed by atoms with E-state index < -0.39 is 0 Å². The van der Waals surface area contributed by atoms with Crippen molar-refractivity contribution in [3.05, 3.63) is 59.7 Å². The molecule has 2 aromatic carbocycles. The standard InChI is InChI=1S/C45H77N3S2/c1-4-7-10-12-14-16-18-20-22-24-35-49-37-42-26-30-44(31-27-42)47-39-46(34-9-6-3)40-48(41-47)45-32-28-43(29-33-45)38-50-36-25-23-21-19-17-15-13-11-8-5-2/h26-33H,4-25,34-41H2,1-3H3. The molecule has 1 fully saturated rings. The van der Waals surface area contributed by atoms with Crippen LogP contribution in [0.15, 0.2) is 48.5 Å². The lowest BCUT2D eigenvalue weighted by Crippen LogP contribution is -2.55. The second-order valence-corrected chi connectivity index (χ2v) is 17.3. The quantitative estimate of drug-likeness (QED) is 0.0714. The summed E-state index contributed by atoms with van der Waals surface area (Å²) in [5, 5.41) is 0. The number of hydrogen-bond donors (Lipinski definition) is 0. The van der Waals surface area contributed by atoms with Crippen LogP contribution in [0.1, 0.15) is 173 Å². The van der Waals surface area contributed by atoms with Gasteiger partial charge in [-0.1, -0.05) is 167 Å². The van der Waals surface area contributed by atoms with Gasteiger partial charge < -0.3 is 9.80 Å². The van der Waals surface area contributed by atoms with Crippen molar-refractivity contribution < 1.29 is 0 Å². The molecule has 50 heavy (non-hydrogen) atoms. The molecule has 2 aromatic rings. The van der Waals surface area contributed by atoms with E-state index in [2.05, 4.69) is 108 Å². The van der Waals surface area contributed by atoms with E-state index in [1.165, 1.54) is 175 Å². The maximum absolute atomic E-state index is 2.62. The molecular formula is C45H77N3S2. The Balaban J connectivity index is 1.34. The Kier molecular flexibility index (Phi) is 25.2. The molecule has 0 spiro atoms. The van der Waals surface area contributed by atoms with Gasteiger partial charge in [-0.2, -0.15) is 23.5 Å². The Hall–Kier alpha value is -1.30. The zero-order chi connectivity index (χ0) is 35.3. The summed E-state index contributed by atoms with van der Waals surface area (Å²) in [5.41, 5.74) is 5.62. The summed E-state index contributed by atoms with van der Waals surface area (Å²) >= 11 is 4.23. The Morgan fingerprint density at radius 1 is 0.400 bits per heavy atom. The topological polar surface area (TPSA) is 9.72 Å². The third-order valence-electron chi connectivity index (χ3n) is 10.3. The molecule has 5 heteroatoms. The summed E-state index contributed by atoms with van der Waals surface area (Å²) in [5.74, 6) is 4.86. The van der Waals surface area contributed by atoms with Crippen LogP contribution in [0, 0.1) is 0 Å². The lowest BCUT2D eigenvalue weighted by Gasteiger charge is -2.44. The van der Waals surface area contributed by atoms with Crippen molar-refractivity contribution >= 4 is 34.9 Å². The summed E-state index contributed by atoms with van der Waals surface area (Å²) < 4.78 is 0. The second-order valence-electron chi connectivity index (χ2n) is 15.1. The summed E-state index contributed by atoms with van der Waals surface area (Å²) in [6.45, 7) is 11.0. The summed E-state index contributed by atoms with van der Waals surface area (Å²) in [4.78, 5) is 7.76. The number of benzene rings is 2. The molecule has 3 rings (SSSR count). The number of thioether (sulfide) groups is 2. The van der Waals surface area contributed by atoms with Crippen LogP contribution in [-0.4, -0.2) is 43.0 Å². The molecule has 284 valence electrons. The number of unbranched alkanes of at least 4 members (excludes halogenated alkanes) is 19. The van der Waals surface area contributed by atoms with Crippen molar-refractivity contribution in [3.63, 3.8) is 0 Å². The van der Waals surface area contributed by atoms with Crippen LogP contribution in [0.3, 0.4) is 0 Å². The lowest BCUT2D eigenvalue weighted by atomic mass is 10.1. The number of hydrogen-bond acceptors (Lipinski definition) is 5. The minimum atomic E-state index is 0.947. The zero-order valence-electron chi connectivity index (χ0n) is 33.0. The first kappa shape index (κ1) is 43.1. The smallest absolute Gasteiger partial charge is 0.0928 e. The van der Waals surface area contributed by atoms with E-state index in [0.717, 1.165) is 38.1 Å². The molecule has 0 atom stereocenters. The van der Waals surface area contributed by atoms with Gasteiger partial charge in [-0.05, 0) is 66.2 Å². The van der Waals surface area contributed by atoms with E-state index in [0.29, 0.717) is 0 Å². The normalized spacial score (nSPS) is 13.8. The predicted molar refractivity (Wildman–Crippen MR) is 230 cm³/mol. The van der Waals surface area contributed by atoms with Crippen LogP contribution in [0.5, 0.6) is 0 Å². The zero-order valence-corrected chi connectivity index (χ0v) is 34.6. The Bertz CT molecular complexity index is 964. The van der Waals surface area contributed by atoms with Gasteiger partial charge in [0, 0.05) is 29.4 Å². The average molecular weight is 724 g/mol. The molecule has 0 bridgehead atoms. The summed E-state index contributed by atoms with van der Waals surface area (Å²) in [6, 6.07) is 19.0. The van der Waals surface area contributed by atoms with Gasteiger partial charge in [0.25, 0.3) is 0 Å². The summed E-state index contributed by atoms with van der Waals surface area (Å²) in [7, 11) is 0. The predicted octanol–water partition coefficient (Wildman–Crippen LogP) is 14.3. The minimum absolute atomic E-state index is 0.947. The van der Waals surface area contributed by atoms with Gasteiger partial charge in [0.05, 0.1) is 20.0 Å². The van der Waals surface area contributed by atoms with Crippen LogP contribution in [0.2, 0.25) is 0 Å². The van der Waals surface area contributed by atoms with Crippen LogP contribution in [-0.2, 0) is 11.5 Å². The van der Waals surface area contributed by atoms with Crippen LogP contribution < -0.4 is 9.80 Å². The molecule has 3 nitrogen and oxygen atoms in total. The first-order chi connectivity index (χ1) is 24.7. The summed E-state index contributed by atoms with van der Waals surface area (Å²) in [6.07, 6.45) is 30.9. The number of rotatable bonds is 31. The van der Waals surface area contributed by atoms with Gasteiger partial charge in [-0.3, -0.25) is 4.90 Å². The number of nitrogens with zero attached hydrogens (tertiary/aromatic N) is 3. The van der Waals surface area contributed by atoms with Crippen LogP contribution in [0.4, 0.5) is 11.4 Å². The highest BCUT2D eigenvalue weighted by Gasteiger charge is 2.23. The van der Waals surface area contributed by atoms with Crippen molar-refractivity contribution in [3.8, 4) is 0 Å². The SMILES string of the molecule is CCCCCCCCCCCCSCc1ccc(N2CN(CCCC)CN(c3ccc(CSCCCCCCCCCCCC)cc3)C2)cc1. The number of anilines is 2. The van der Waals surface area contributed by atoms with E-state index in [1.54, 1.807) is 0 Å². The Morgan fingerprint density at radius 2 is 0.740 bits per heavy atom. The maximum atomic E-state index is 2.62. The van der Waals surface area contributed by atoms with Gasteiger partial charge in [-0.15, -0.1) is 0 Å². The molecule has 1 heterocycles. The van der Waals surface area contributed by atoms with E-state index in [4.69, 9.17) is 0 Å². The highest BCUT2D eigenvalue weighted by Crippen LogP contribution is 2.26. The molecule has 0 saturated carbocycles. The van der Waals surface area contributed by atoms with Crippen molar-refractivity contribution in [2.24, 2.45) is 0 Å². The molecule has 0 aliphatic carbocycles. The Labute approximate surface area is 319 Å². The average Bonchev–Trinajstić information content (AvgIpc) is 3.15. The molecule has 1 saturated heterocycles. The van der Waals surface area contributed by atoms with Crippen molar-refractivity contribution in [2.75, 3.05) is 47.9 Å². The largest absolute Gasteiger partial charge is 0.341 e. The van der Waals surface area contributed by atoms with E-state index in [9.17, 15) is 0 Å². The van der Waals surface area contributed by atoms with Crippen molar-refractivity contribution in [1.82, 2.24) is 4.90 Å². The molecule has 0 unspecified atom stereocenters. The second kappa shape index (κ2) is 29.2. The van der Waals surface area contributed by atoms with Crippen molar-refractivity contribution in [1.29, 1.82) is 0 Å². The molecular weight excluding hydrogens is 647 g/mol. The van der Waals surface area contributed by atoms with Gasteiger partial charge in [0.1, 0.15) is 0 Å². The van der Waals surface area contributed by atoms with E-state index in [1.807, 2.05) is 0 Å². The molecule has 0 radical (unpaired) electrons. The lowest BCUT2D eigenvalue weighted by molar-refractivity contribution is 0.238. The molecule has 0 N–H and O–H groups in total. The van der Waals surface area contributed by atoms with Gasteiger partial charge in [0.15, 0.2) is 0 Å². The first-order valence-electron chi connectivity index (χ1n) is 21.3.